The average molecular weight is 240 g/mol. The molecule has 82 valence electrons. The van der Waals surface area contributed by atoms with Gasteiger partial charge in [-0.15, -0.1) is 0 Å². The monoisotopic (exact) mass is 240 g/mol. The van der Waals surface area contributed by atoms with Gasteiger partial charge in [-0.3, -0.25) is 10.1 Å². The van der Waals surface area contributed by atoms with Crippen LogP contribution in [-0.4, -0.2) is 23.0 Å². The first-order chi connectivity index (χ1) is 6.73. The van der Waals surface area contributed by atoms with E-state index in [1.807, 2.05) is 0 Å². The Morgan fingerprint density at radius 1 is 1.38 bits per heavy atom. The molecule has 16 heavy (non-hydrogen) atoms. The van der Waals surface area contributed by atoms with Crippen LogP contribution in [0, 0.1) is 10.1 Å². The Hall–Kier alpha value is -1.27. The standard InChI is InChI=1S/C6H6N2O6S.Li/c7-6-4(9)1-3(8(10)11)2-5(6)15(12,13)14;/h1-2,9H,7H2,(H,12,13,14);/q;+1/p-1. The third-order valence-electron chi connectivity index (χ3n) is 1.59. The van der Waals surface area contributed by atoms with Crippen LogP contribution in [0.2, 0.25) is 0 Å². The number of phenols is 1. The number of benzene rings is 1. The largest absolute Gasteiger partial charge is 1.00 e. The van der Waals surface area contributed by atoms with Crippen molar-refractivity contribution in [3.63, 3.8) is 0 Å². The molecule has 0 saturated carbocycles. The Bertz CT molecular complexity index is 528. The summed E-state index contributed by atoms with van der Waals surface area (Å²) in [6.07, 6.45) is 0. The van der Waals surface area contributed by atoms with E-state index in [9.17, 15) is 23.1 Å². The molecule has 0 atom stereocenters. The maximum atomic E-state index is 10.6. The number of hydrogen-bond acceptors (Lipinski definition) is 7. The second-order valence-corrected chi connectivity index (χ2v) is 3.94. The Labute approximate surface area is 102 Å². The van der Waals surface area contributed by atoms with Crippen LogP contribution in [0.1, 0.15) is 0 Å². The van der Waals surface area contributed by atoms with Gasteiger partial charge in [0.25, 0.3) is 5.69 Å². The minimum Gasteiger partial charge on any atom is -0.744 e. The molecule has 0 aromatic heterocycles. The molecule has 0 spiro atoms. The Kier molecular flexibility index (Phi) is 4.34. The number of aromatic hydroxyl groups is 1. The van der Waals surface area contributed by atoms with E-state index in [-0.39, 0.29) is 18.9 Å². The zero-order valence-electron chi connectivity index (χ0n) is 8.08. The predicted octanol–water partition coefficient (Wildman–Crippen LogP) is -3.21. The van der Waals surface area contributed by atoms with Gasteiger partial charge in [-0.25, -0.2) is 8.42 Å². The number of phenolic OH excluding ortho intramolecular Hbond substituents is 1. The van der Waals surface area contributed by atoms with Gasteiger partial charge in [0.05, 0.1) is 21.6 Å². The number of nitrogen functional groups attached to an aromatic ring is 1. The molecule has 0 fully saturated rings. The van der Waals surface area contributed by atoms with Gasteiger partial charge in [-0.1, -0.05) is 0 Å². The summed E-state index contributed by atoms with van der Waals surface area (Å²) in [6, 6.07) is 1.15. The van der Waals surface area contributed by atoms with E-state index in [1.165, 1.54) is 0 Å². The van der Waals surface area contributed by atoms with E-state index in [0.717, 1.165) is 0 Å². The molecule has 1 aromatic carbocycles. The van der Waals surface area contributed by atoms with Crippen LogP contribution < -0.4 is 24.6 Å². The first kappa shape index (κ1) is 14.7. The fraction of sp³-hybridized carbons (Fsp3) is 0. The van der Waals surface area contributed by atoms with Crippen LogP contribution in [0.15, 0.2) is 17.0 Å². The number of nitro groups is 1. The number of hydrogen-bond donors (Lipinski definition) is 2. The van der Waals surface area contributed by atoms with Gasteiger partial charge in [0, 0.05) is 6.07 Å². The summed E-state index contributed by atoms with van der Waals surface area (Å²) in [5, 5.41) is 19.4. The summed E-state index contributed by atoms with van der Waals surface area (Å²) in [5.74, 6) is -0.821. The third kappa shape index (κ3) is 2.86. The van der Waals surface area contributed by atoms with Crippen LogP contribution in [0.3, 0.4) is 0 Å². The van der Waals surface area contributed by atoms with Gasteiger partial charge in [0.2, 0.25) is 0 Å². The fourth-order valence-corrected chi connectivity index (χ4v) is 1.55. The quantitative estimate of drug-likeness (QED) is 0.138. The molecular weight excluding hydrogens is 235 g/mol. The van der Waals surface area contributed by atoms with E-state index in [2.05, 4.69) is 0 Å². The minimum atomic E-state index is -4.95. The van der Waals surface area contributed by atoms with Crippen molar-refractivity contribution in [1.82, 2.24) is 0 Å². The predicted molar refractivity (Wildman–Crippen MR) is 47.1 cm³/mol. The van der Waals surface area contributed by atoms with Gasteiger partial charge < -0.3 is 15.4 Å². The number of nitro benzene ring substituents is 1. The number of non-ortho nitro benzene ring substituents is 1. The van der Waals surface area contributed by atoms with Crippen molar-refractivity contribution in [2.24, 2.45) is 0 Å². The van der Waals surface area contributed by atoms with Crippen LogP contribution in [-0.2, 0) is 10.1 Å². The summed E-state index contributed by atoms with van der Waals surface area (Å²) in [5.41, 5.74) is 3.66. The van der Waals surface area contributed by atoms with Gasteiger partial charge in [0.15, 0.2) is 0 Å². The van der Waals surface area contributed by atoms with E-state index < -0.39 is 37.1 Å². The molecule has 0 aliphatic carbocycles. The van der Waals surface area contributed by atoms with Gasteiger partial charge in [0.1, 0.15) is 15.9 Å². The van der Waals surface area contributed by atoms with Crippen molar-refractivity contribution < 1.29 is 41.9 Å². The number of anilines is 1. The molecule has 0 unspecified atom stereocenters. The molecule has 0 bridgehead atoms. The second kappa shape index (κ2) is 4.71. The molecule has 1 aromatic rings. The van der Waals surface area contributed by atoms with Crippen LogP contribution in [0.5, 0.6) is 5.75 Å². The zero-order chi connectivity index (χ0) is 11.8. The topological polar surface area (TPSA) is 147 Å². The molecule has 8 nitrogen and oxygen atoms in total. The molecule has 10 heteroatoms. The summed E-state index contributed by atoms with van der Waals surface area (Å²) in [7, 11) is -4.95. The van der Waals surface area contributed by atoms with Crippen LogP contribution in [0.4, 0.5) is 11.4 Å². The SMILES string of the molecule is Nc1c(O)cc([N+](=O)[O-])cc1S(=O)(=O)[O-].[Li+]. The maximum absolute atomic E-state index is 10.6. The first-order valence-corrected chi connectivity index (χ1v) is 4.87. The van der Waals surface area contributed by atoms with Crippen molar-refractivity contribution in [1.29, 1.82) is 0 Å². The second-order valence-electron chi connectivity index (χ2n) is 2.59. The normalized spacial score (nSPS) is 10.6. The average Bonchev–Trinajstić information content (AvgIpc) is 2.06. The molecule has 3 N–H and O–H groups in total. The minimum absolute atomic E-state index is 0. The first-order valence-electron chi connectivity index (χ1n) is 3.46. The molecule has 0 heterocycles. The molecule has 0 radical (unpaired) electrons. The molecule has 1 rings (SSSR count). The summed E-state index contributed by atoms with van der Waals surface area (Å²) in [4.78, 5) is 8.34. The third-order valence-corrected chi connectivity index (χ3v) is 2.46. The summed E-state index contributed by atoms with van der Waals surface area (Å²) >= 11 is 0. The Morgan fingerprint density at radius 3 is 2.25 bits per heavy atom. The number of rotatable bonds is 2. The van der Waals surface area contributed by atoms with E-state index in [1.54, 1.807) is 0 Å². The van der Waals surface area contributed by atoms with Crippen molar-refractivity contribution in [3.05, 3.63) is 22.2 Å². The smallest absolute Gasteiger partial charge is 0.744 e. The van der Waals surface area contributed by atoms with Crippen molar-refractivity contribution in [2.75, 3.05) is 5.73 Å². The van der Waals surface area contributed by atoms with Crippen LogP contribution in [0.25, 0.3) is 0 Å². The fourth-order valence-electron chi connectivity index (χ4n) is 0.910. The van der Waals surface area contributed by atoms with Crippen molar-refractivity contribution in [2.45, 2.75) is 4.90 Å². The Morgan fingerprint density at radius 2 is 1.88 bits per heavy atom. The van der Waals surface area contributed by atoms with Crippen LogP contribution >= 0.6 is 0 Å². The van der Waals surface area contributed by atoms with Crippen molar-refractivity contribution >= 4 is 21.5 Å². The molecule has 0 aliphatic heterocycles. The van der Waals surface area contributed by atoms with Crippen molar-refractivity contribution in [3.8, 4) is 5.75 Å². The van der Waals surface area contributed by atoms with Gasteiger partial charge in [-0.2, -0.15) is 0 Å². The van der Waals surface area contributed by atoms with E-state index in [4.69, 9.17) is 10.8 Å². The van der Waals surface area contributed by atoms with Gasteiger partial charge >= 0.3 is 18.9 Å². The molecule has 0 amide bonds. The molecule has 0 aliphatic rings. The maximum Gasteiger partial charge on any atom is 1.00 e. The van der Waals surface area contributed by atoms with E-state index in [0.29, 0.717) is 12.1 Å². The van der Waals surface area contributed by atoms with E-state index >= 15 is 0 Å². The number of nitrogens with two attached hydrogens (primary N) is 1. The molecule has 0 saturated heterocycles. The Balaban J connectivity index is 0.00000225. The summed E-state index contributed by atoms with van der Waals surface area (Å²) < 4.78 is 31.8. The van der Waals surface area contributed by atoms with Gasteiger partial charge in [-0.05, 0) is 0 Å². The zero-order valence-corrected chi connectivity index (χ0v) is 8.89. The molecular formula is C6H5LiN2O6S. The summed E-state index contributed by atoms with van der Waals surface area (Å²) in [6.45, 7) is 0. The number of nitrogens with zero attached hydrogens (tertiary/aromatic N) is 1.